The van der Waals surface area contributed by atoms with Crippen LogP contribution in [0, 0.1) is 0 Å². The van der Waals surface area contributed by atoms with Gasteiger partial charge in [0, 0.05) is 65.4 Å². The number of aryl methyl sites for hydroxylation is 1. The van der Waals surface area contributed by atoms with Crippen LogP contribution in [0.3, 0.4) is 0 Å². The summed E-state index contributed by atoms with van der Waals surface area (Å²) in [7, 11) is -1.80. The summed E-state index contributed by atoms with van der Waals surface area (Å²) in [6.07, 6.45) is 8.00. The van der Waals surface area contributed by atoms with Crippen molar-refractivity contribution < 1.29 is 13.2 Å². The summed E-state index contributed by atoms with van der Waals surface area (Å²) in [5.74, 6) is 1.09. The smallest absolute Gasteiger partial charge is 0.274 e. The maximum Gasteiger partial charge on any atom is 0.274 e. The second-order valence-corrected chi connectivity index (χ2v) is 9.63. The van der Waals surface area contributed by atoms with Crippen molar-refractivity contribution in [1.29, 1.82) is 0 Å². The standard InChI is InChI=1S/C24H19N3O4S/c1-27-14-20(18-9-11-26-23(18)24(27)28)19-12-16(32(2,29)30)6-7-22(19)31-21-5-3-4-15-13-25-10-8-17(15)21/h3-14,26H,1-2H3. The van der Waals surface area contributed by atoms with Gasteiger partial charge in [-0.05, 0) is 36.4 Å². The molecule has 5 rings (SSSR count). The highest BCUT2D eigenvalue weighted by Gasteiger charge is 2.18. The quantitative estimate of drug-likeness (QED) is 0.446. The molecule has 2 aromatic carbocycles. The summed E-state index contributed by atoms with van der Waals surface area (Å²) in [6, 6.07) is 14.1. The van der Waals surface area contributed by atoms with Crippen molar-refractivity contribution in [3.8, 4) is 22.6 Å². The van der Waals surface area contributed by atoms with Gasteiger partial charge in [0.25, 0.3) is 5.56 Å². The first-order chi connectivity index (χ1) is 15.3. The largest absolute Gasteiger partial charge is 0.456 e. The molecule has 0 fully saturated rings. The molecule has 0 aliphatic carbocycles. The van der Waals surface area contributed by atoms with E-state index < -0.39 is 9.84 Å². The van der Waals surface area contributed by atoms with Crippen LogP contribution >= 0.6 is 0 Å². The predicted molar refractivity (Wildman–Crippen MR) is 124 cm³/mol. The lowest BCUT2D eigenvalue weighted by Crippen LogP contribution is -2.16. The van der Waals surface area contributed by atoms with Crippen LogP contribution in [-0.2, 0) is 16.9 Å². The third kappa shape index (κ3) is 3.34. The van der Waals surface area contributed by atoms with E-state index in [-0.39, 0.29) is 10.5 Å². The highest BCUT2D eigenvalue weighted by atomic mass is 32.2. The number of aromatic amines is 1. The van der Waals surface area contributed by atoms with Crippen molar-refractivity contribution in [2.45, 2.75) is 4.90 Å². The second-order valence-electron chi connectivity index (χ2n) is 7.61. The monoisotopic (exact) mass is 445 g/mol. The first-order valence-electron chi connectivity index (χ1n) is 9.85. The summed E-state index contributed by atoms with van der Waals surface area (Å²) in [6.45, 7) is 0. The molecular weight excluding hydrogens is 426 g/mol. The van der Waals surface area contributed by atoms with Crippen molar-refractivity contribution in [3.05, 3.63) is 83.7 Å². The highest BCUT2D eigenvalue weighted by Crippen LogP contribution is 2.39. The van der Waals surface area contributed by atoms with Crippen LogP contribution in [0.5, 0.6) is 11.5 Å². The molecule has 0 atom stereocenters. The minimum atomic E-state index is -3.46. The van der Waals surface area contributed by atoms with E-state index in [0.717, 1.165) is 17.0 Å². The van der Waals surface area contributed by atoms with E-state index in [4.69, 9.17) is 4.74 Å². The molecule has 0 aliphatic rings. The van der Waals surface area contributed by atoms with Crippen LogP contribution in [0.25, 0.3) is 32.8 Å². The fourth-order valence-electron chi connectivity index (χ4n) is 3.82. The number of pyridine rings is 2. The topological polar surface area (TPSA) is 94.0 Å². The predicted octanol–water partition coefficient (Wildman–Crippen LogP) is 4.28. The van der Waals surface area contributed by atoms with Gasteiger partial charge in [-0.15, -0.1) is 0 Å². The van der Waals surface area contributed by atoms with E-state index in [0.29, 0.717) is 33.5 Å². The Morgan fingerprint density at radius 1 is 1.00 bits per heavy atom. The van der Waals surface area contributed by atoms with E-state index in [2.05, 4.69) is 9.97 Å². The zero-order chi connectivity index (χ0) is 22.5. The van der Waals surface area contributed by atoms with Crippen molar-refractivity contribution in [3.63, 3.8) is 0 Å². The number of rotatable bonds is 4. The number of ether oxygens (including phenoxy) is 1. The van der Waals surface area contributed by atoms with Crippen LogP contribution in [-0.4, -0.2) is 29.2 Å². The molecule has 160 valence electrons. The zero-order valence-electron chi connectivity index (χ0n) is 17.4. The van der Waals surface area contributed by atoms with Crippen LogP contribution in [0.1, 0.15) is 0 Å². The molecule has 8 heteroatoms. The lowest BCUT2D eigenvalue weighted by atomic mass is 10.0. The van der Waals surface area contributed by atoms with E-state index in [1.807, 2.05) is 24.3 Å². The molecule has 0 saturated carbocycles. The number of fused-ring (bicyclic) bond motifs is 2. The summed E-state index contributed by atoms with van der Waals surface area (Å²) in [4.78, 5) is 19.8. The van der Waals surface area contributed by atoms with E-state index >= 15 is 0 Å². The molecule has 3 heterocycles. The number of hydrogen-bond acceptors (Lipinski definition) is 5. The molecule has 32 heavy (non-hydrogen) atoms. The molecule has 0 spiro atoms. The van der Waals surface area contributed by atoms with Gasteiger partial charge in [-0.25, -0.2) is 8.42 Å². The van der Waals surface area contributed by atoms with Crippen LogP contribution in [0.15, 0.2) is 83.0 Å². The van der Waals surface area contributed by atoms with Gasteiger partial charge in [0.05, 0.1) is 4.90 Å². The van der Waals surface area contributed by atoms with Crippen LogP contribution in [0.4, 0.5) is 0 Å². The third-order valence-corrected chi connectivity index (χ3v) is 6.53. The lowest BCUT2D eigenvalue weighted by Gasteiger charge is -2.15. The highest BCUT2D eigenvalue weighted by molar-refractivity contribution is 7.90. The molecule has 0 radical (unpaired) electrons. The molecule has 0 unspecified atom stereocenters. The summed E-state index contributed by atoms with van der Waals surface area (Å²) in [5, 5.41) is 2.49. The van der Waals surface area contributed by atoms with Gasteiger partial charge >= 0.3 is 0 Å². The van der Waals surface area contributed by atoms with E-state index in [9.17, 15) is 13.2 Å². The van der Waals surface area contributed by atoms with Crippen molar-refractivity contribution in [2.24, 2.45) is 7.05 Å². The van der Waals surface area contributed by atoms with Crippen molar-refractivity contribution >= 4 is 31.5 Å². The number of nitrogens with one attached hydrogen (secondary N) is 1. The molecule has 0 amide bonds. The fraction of sp³-hybridized carbons (Fsp3) is 0.0833. The number of benzene rings is 2. The summed E-state index contributed by atoms with van der Waals surface area (Å²) >= 11 is 0. The van der Waals surface area contributed by atoms with Crippen molar-refractivity contribution in [1.82, 2.24) is 14.5 Å². The summed E-state index contributed by atoms with van der Waals surface area (Å²) < 4.78 is 32.4. The minimum Gasteiger partial charge on any atom is -0.456 e. The Kier molecular flexibility index (Phi) is 4.60. The van der Waals surface area contributed by atoms with E-state index in [1.165, 1.54) is 10.6 Å². The molecule has 7 nitrogen and oxygen atoms in total. The maximum absolute atomic E-state index is 12.5. The van der Waals surface area contributed by atoms with Gasteiger partial charge in [0.15, 0.2) is 9.84 Å². The Balaban J connectivity index is 1.78. The molecule has 0 saturated heterocycles. The van der Waals surface area contributed by atoms with Gasteiger partial charge in [-0.1, -0.05) is 12.1 Å². The van der Waals surface area contributed by atoms with Crippen LogP contribution in [0.2, 0.25) is 0 Å². The molecule has 0 aliphatic heterocycles. The Labute approximate surface area is 183 Å². The average Bonchev–Trinajstić information content (AvgIpc) is 3.26. The van der Waals surface area contributed by atoms with Gasteiger partial charge < -0.3 is 14.3 Å². The van der Waals surface area contributed by atoms with Gasteiger partial charge in [-0.2, -0.15) is 0 Å². The number of H-pyrrole nitrogens is 1. The molecule has 3 aromatic heterocycles. The fourth-order valence-corrected chi connectivity index (χ4v) is 4.47. The lowest BCUT2D eigenvalue weighted by molar-refractivity contribution is 0.489. The van der Waals surface area contributed by atoms with Gasteiger partial charge in [-0.3, -0.25) is 9.78 Å². The number of hydrogen-bond donors (Lipinski definition) is 1. The number of nitrogens with zero attached hydrogens (tertiary/aromatic N) is 2. The van der Waals surface area contributed by atoms with E-state index in [1.54, 1.807) is 50.0 Å². The van der Waals surface area contributed by atoms with Gasteiger partial charge in [0.2, 0.25) is 0 Å². The number of aromatic nitrogens is 3. The SMILES string of the molecule is Cn1cc(-c2cc(S(C)(=O)=O)ccc2Oc2cccc3cnccc23)c2cc[nH]c2c1=O. The Hall–Kier alpha value is -3.91. The molecule has 0 bridgehead atoms. The number of sulfone groups is 1. The Morgan fingerprint density at radius 2 is 1.84 bits per heavy atom. The summed E-state index contributed by atoms with van der Waals surface area (Å²) in [5.41, 5.74) is 1.53. The normalized spacial score (nSPS) is 11.8. The molecule has 5 aromatic rings. The average molecular weight is 446 g/mol. The first-order valence-corrected chi connectivity index (χ1v) is 11.7. The second kappa shape index (κ2) is 7.35. The first kappa shape index (κ1) is 20.0. The van der Waals surface area contributed by atoms with Crippen LogP contribution < -0.4 is 10.3 Å². The molecular formula is C24H19N3O4S. The zero-order valence-corrected chi connectivity index (χ0v) is 18.2. The maximum atomic E-state index is 12.5. The Bertz CT molecular complexity index is 1660. The third-order valence-electron chi connectivity index (χ3n) is 5.42. The Morgan fingerprint density at radius 3 is 2.66 bits per heavy atom. The van der Waals surface area contributed by atoms with Gasteiger partial charge in [0.1, 0.15) is 17.0 Å². The molecule has 1 N–H and O–H groups in total. The minimum absolute atomic E-state index is 0.166. The van der Waals surface area contributed by atoms with Crippen molar-refractivity contribution in [2.75, 3.05) is 6.26 Å².